The zero-order valence-electron chi connectivity index (χ0n) is 8.24. The maximum atomic E-state index is 11.0. The first-order valence-electron chi connectivity index (χ1n) is 4.99. The van der Waals surface area contributed by atoms with Crippen molar-refractivity contribution in [2.75, 3.05) is 19.8 Å². The third-order valence-corrected chi connectivity index (χ3v) is 2.24. The van der Waals surface area contributed by atoms with E-state index < -0.39 is 6.09 Å². The van der Waals surface area contributed by atoms with Crippen molar-refractivity contribution in [3.8, 4) is 0 Å². The Morgan fingerprint density at radius 2 is 2.43 bits per heavy atom. The van der Waals surface area contributed by atoms with Crippen LogP contribution in [-0.2, 0) is 4.74 Å². The Kier molecular flexibility index (Phi) is 5.07. The van der Waals surface area contributed by atoms with Crippen molar-refractivity contribution >= 4 is 6.09 Å². The van der Waals surface area contributed by atoms with Crippen LogP contribution in [0.15, 0.2) is 12.2 Å². The Morgan fingerprint density at radius 3 is 3.07 bits per heavy atom. The standard InChI is InChI=1S/C10H17NO3/c12-6-7-14-10(13)11-8-9-4-2-1-3-5-9/h1-2,9,12H,3-8H2,(H,11,13). The van der Waals surface area contributed by atoms with Crippen molar-refractivity contribution in [1.82, 2.24) is 5.32 Å². The number of carbonyl (C=O) groups is 1. The molecular weight excluding hydrogens is 182 g/mol. The van der Waals surface area contributed by atoms with Crippen LogP contribution >= 0.6 is 0 Å². The average Bonchev–Trinajstić information content (AvgIpc) is 2.25. The van der Waals surface area contributed by atoms with E-state index in [0.29, 0.717) is 12.5 Å². The van der Waals surface area contributed by atoms with Crippen LogP contribution in [0.5, 0.6) is 0 Å². The molecule has 0 aromatic carbocycles. The summed E-state index contributed by atoms with van der Waals surface area (Å²) in [7, 11) is 0. The summed E-state index contributed by atoms with van der Waals surface area (Å²) in [5.74, 6) is 0.529. The van der Waals surface area contributed by atoms with E-state index in [-0.39, 0.29) is 13.2 Å². The number of alkyl carbamates (subject to hydrolysis) is 1. The number of aliphatic hydroxyl groups excluding tert-OH is 1. The van der Waals surface area contributed by atoms with Gasteiger partial charge in [-0.2, -0.15) is 0 Å². The maximum absolute atomic E-state index is 11.0. The summed E-state index contributed by atoms with van der Waals surface area (Å²) in [6.45, 7) is 0.602. The first-order valence-corrected chi connectivity index (χ1v) is 4.99. The molecule has 14 heavy (non-hydrogen) atoms. The van der Waals surface area contributed by atoms with E-state index in [1.807, 2.05) is 0 Å². The predicted octanol–water partition coefficient (Wildman–Crippen LogP) is 1.06. The second-order valence-corrected chi connectivity index (χ2v) is 3.39. The second kappa shape index (κ2) is 6.43. The zero-order valence-corrected chi connectivity index (χ0v) is 8.24. The van der Waals surface area contributed by atoms with Crippen molar-refractivity contribution in [2.24, 2.45) is 5.92 Å². The Bertz CT molecular complexity index is 204. The van der Waals surface area contributed by atoms with Crippen LogP contribution in [0.4, 0.5) is 4.79 Å². The molecule has 1 amide bonds. The average molecular weight is 199 g/mol. The molecule has 80 valence electrons. The number of carbonyl (C=O) groups excluding carboxylic acids is 1. The number of nitrogens with one attached hydrogen (secondary N) is 1. The molecular formula is C10H17NO3. The van der Waals surface area contributed by atoms with Gasteiger partial charge in [0, 0.05) is 6.54 Å². The lowest BCUT2D eigenvalue weighted by atomic mass is 9.94. The summed E-state index contributed by atoms with van der Waals surface area (Å²) < 4.78 is 4.66. The summed E-state index contributed by atoms with van der Waals surface area (Å²) in [5, 5.41) is 11.1. The number of amides is 1. The zero-order chi connectivity index (χ0) is 10.2. The highest BCUT2D eigenvalue weighted by molar-refractivity contribution is 5.67. The van der Waals surface area contributed by atoms with Crippen LogP contribution in [0.1, 0.15) is 19.3 Å². The minimum atomic E-state index is -0.436. The minimum Gasteiger partial charge on any atom is -0.447 e. The van der Waals surface area contributed by atoms with Gasteiger partial charge in [-0.05, 0) is 25.2 Å². The summed E-state index contributed by atoms with van der Waals surface area (Å²) in [6.07, 6.45) is 7.12. The highest BCUT2D eigenvalue weighted by Crippen LogP contribution is 2.16. The van der Waals surface area contributed by atoms with Crippen molar-refractivity contribution < 1.29 is 14.6 Å². The largest absolute Gasteiger partial charge is 0.447 e. The Morgan fingerprint density at radius 1 is 1.57 bits per heavy atom. The van der Waals surface area contributed by atoms with Gasteiger partial charge in [0.05, 0.1) is 6.61 Å². The molecule has 1 rings (SSSR count). The quantitative estimate of drug-likeness (QED) is 0.666. The smallest absolute Gasteiger partial charge is 0.407 e. The van der Waals surface area contributed by atoms with Gasteiger partial charge in [0.2, 0.25) is 0 Å². The van der Waals surface area contributed by atoms with Gasteiger partial charge in [-0.15, -0.1) is 0 Å². The van der Waals surface area contributed by atoms with Crippen LogP contribution in [-0.4, -0.2) is 31.0 Å². The third-order valence-electron chi connectivity index (χ3n) is 2.24. The highest BCUT2D eigenvalue weighted by Gasteiger charge is 2.11. The number of allylic oxidation sites excluding steroid dienone is 2. The Labute approximate surface area is 83.9 Å². The molecule has 0 heterocycles. The van der Waals surface area contributed by atoms with Gasteiger partial charge in [0.1, 0.15) is 6.61 Å². The minimum absolute atomic E-state index is 0.0659. The van der Waals surface area contributed by atoms with Gasteiger partial charge < -0.3 is 15.2 Å². The fraction of sp³-hybridized carbons (Fsp3) is 0.700. The van der Waals surface area contributed by atoms with Crippen molar-refractivity contribution in [2.45, 2.75) is 19.3 Å². The van der Waals surface area contributed by atoms with Gasteiger partial charge in [0.15, 0.2) is 0 Å². The molecule has 0 aromatic rings. The molecule has 1 unspecified atom stereocenters. The molecule has 0 saturated heterocycles. The molecule has 1 aliphatic carbocycles. The van der Waals surface area contributed by atoms with Crippen molar-refractivity contribution in [3.63, 3.8) is 0 Å². The molecule has 4 heteroatoms. The number of aliphatic hydroxyl groups is 1. The highest BCUT2D eigenvalue weighted by atomic mass is 16.6. The number of hydrogen-bond acceptors (Lipinski definition) is 3. The summed E-state index contributed by atoms with van der Waals surface area (Å²) in [5.41, 5.74) is 0. The van der Waals surface area contributed by atoms with Gasteiger partial charge in [0.25, 0.3) is 0 Å². The van der Waals surface area contributed by atoms with Crippen molar-refractivity contribution in [1.29, 1.82) is 0 Å². The van der Waals surface area contributed by atoms with Crippen LogP contribution in [0, 0.1) is 5.92 Å². The van der Waals surface area contributed by atoms with Crippen LogP contribution in [0.3, 0.4) is 0 Å². The molecule has 1 aliphatic rings. The first-order chi connectivity index (χ1) is 6.83. The molecule has 0 saturated carbocycles. The second-order valence-electron chi connectivity index (χ2n) is 3.39. The fourth-order valence-electron chi connectivity index (χ4n) is 1.46. The van der Waals surface area contributed by atoms with E-state index in [9.17, 15) is 4.79 Å². The SMILES string of the molecule is O=C(NCC1CC=CCC1)OCCO. The first kappa shape index (κ1) is 11.0. The van der Waals surface area contributed by atoms with Crippen molar-refractivity contribution in [3.05, 3.63) is 12.2 Å². The number of rotatable bonds is 4. The maximum Gasteiger partial charge on any atom is 0.407 e. The van der Waals surface area contributed by atoms with E-state index in [2.05, 4.69) is 22.2 Å². The molecule has 0 aromatic heterocycles. The molecule has 0 bridgehead atoms. The van der Waals surface area contributed by atoms with Crippen LogP contribution in [0.25, 0.3) is 0 Å². The molecule has 2 N–H and O–H groups in total. The molecule has 1 atom stereocenters. The lowest BCUT2D eigenvalue weighted by molar-refractivity contribution is 0.118. The van der Waals surface area contributed by atoms with Crippen LogP contribution in [0.2, 0.25) is 0 Å². The lowest BCUT2D eigenvalue weighted by Crippen LogP contribution is -2.30. The fourth-order valence-corrected chi connectivity index (χ4v) is 1.46. The predicted molar refractivity (Wildman–Crippen MR) is 52.9 cm³/mol. The van der Waals surface area contributed by atoms with Crippen LogP contribution < -0.4 is 5.32 Å². The molecule has 0 spiro atoms. The summed E-state index contributed by atoms with van der Waals surface area (Å²) >= 11 is 0. The van der Waals surface area contributed by atoms with E-state index >= 15 is 0 Å². The molecule has 0 fully saturated rings. The van der Waals surface area contributed by atoms with Gasteiger partial charge >= 0.3 is 6.09 Å². The van der Waals surface area contributed by atoms with E-state index in [1.165, 1.54) is 0 Å². The summed E-state index contributed by atoms with van der Waals surface area (Å²) in [6, 6.07) is 0. The third kappa shape index (κ3) is 4.28. The summed E-state index contributed by atoms with van der Waals surface area (Å²) in [4.78, 5) is 11.0. The Hall–Kier alpha value is -1.03. The molecule has 0 aliphatic heterocycles. The lowest BCUT2D eigenvalue weighted by Gasteiger charge is -2.17. The van der Waals surface area contributed by atoms with E-state index in [0.717, 1.165) is 19.3 Å². The normalized spacial score (nSPS) is 20.5. The molecule has 4 nitrogen and oxygen atoms in total. The Balaban J connectivity index is 2.07. The van der Waals surface area contributed by atoms with E-state index in [1.54, 1.807) is 0 Å². The number of ether oxygens (including phenoxy) is 1. The monoisotopic (exact) mass is 199 g/mol. The number of hydrogen-bond donors (Lipinski definition) is 2. The van der Waals surface area contributed by atoms with E-state index in [4.69, 9.17) is 5.11 Å². The molecule has 0 radical (unpaired) electrons. The van der Waals surface area contributed by atoms with Gasteiger partial charge in [-0.25, -0.2) is 4.79 Å². The van der Waals surface area contributed by atoms with Gasteiger partial charge in [-0.3, -0.25) is 0 Å². The van der Waals surface area contributed by atoms with Gasteiger partial charge in [-0.1, -0.05) is 12.2 Å². The topological polar surface area (TPSA) is 58.6 Å².